The average Bonchev–Trinajstić information content (AvgIpc) is 2.38. The Morgan fingerprint density at radius 3 is 1.78 bits per heavy atom. The van der Waals surface area contributed by atoms with E-state index in [4.69, 9.17) is 13.5 Å². The molecule has 0 bridgehead atoms. The SMILES string of the molecule is CS(=O)(=O)Oc1ccc(OS(C)(=O)=O)c2cc(C(=O)O)ccc12. The van der Waals surface area contributed by atoms with E-state index in [-0.39, 0.29) is 27.8 Å². The van der Waals surface area contributed by atoms with Crippen LogP contribution in [0.25, 0.3) is 10.8 Å². The maximum Gasteiger partial charge on any atom is 0.335 e. The van der Waals surface area contributed by atoms with Crippen molar-refractivity contribution in [2.45, 2.75) is 0 Å². The van der Waals surface area contributed by atoms with Gasteiger partial charge in [0.25, 0.3) is 0 Å². The molecule has 0 radical (unpaired) electrons. The number of hydrogen-bond donors (Lipinski definition) is 1. The summed E-state index contributed by atoms with van der Waals surface area (Å²) >= 11 is 0. The first kappa shape index (κ1) is 17.0. The lowest BCUT2D eigenvalue weighted by molar-refractivity contribution is 0.0697. The van der Waals surface area contributed by atoms with Crippen molar-refractivity contribution in [3.8, 4) is 11.5 Å². The van der Waals surface area contributed by atoms with E-state index in [1.54, 1.807) is 0 Å². The summed E-state index contributed by atoms with van der Waals surface area (Å²) in [5.74, 6) is -1.43. The number of hydrogen-bond acceptors (Lipinski definition) is 7. The first-order valence-electron chi connectivity index (χ1n) is 6.05. The van der Waals surface area contributed by atoms with Crippen LogP contribution >= 0.6 is 0 Å². The fourth-order valence-corrected chi connectivity index (χ4v) is 2.84. The largest absolute Gasteiger partial charge is 0.478 e. The Hall–Kier alpha value is -2.33. The molecule has 2 aromatic carbocycles. The Balaban J connectivity index is 2.75. The average molecular weight is 360 g/mol. The minimum Gasteiger partial charge on any atom is -0.478 e. The van der Waals surface area contributed by atoms with Crippen LogP contribution in [0.3, 0.4) is 0 Å². The summed E-state index contributed by atoms with van der Waals surface area (Å²) in [4.78, 5) is 11.1. The standard InChI is InChI=1S/C13H12O8S2/c1-22(16,17)20-11-5-6-12(21-23(2,18)19)10-7-8(13(14)15)3-4-9(10)11/h3-7H,1-2H3,(H,14,15). The monoisotopic (exact) mass is 360 g/mol. The molecular formula is C13H12O8S2. The molecule has 0 aromatic heterocycles. The normalized spacial score (nSPS) is 12.1. The van der Waals surface area contributed by atoms with E-state index < -0.39 is 26.2 Å². The molecule has 23 heavy (non-hydrogen) atoms. The molecule has 10 heteroatoms. The lowest BCUT2D eigenvalue weighted by atomic mass is 10.1. The van der Waals surface area contributed by atoms with E-state index in [1.165, 1.54) is 30.3 Å². The van der Waals surface area contributed by atoms with E-state index in [0.29, 0.717) is 0 Å². The first-order valence-corrected chi connectivity index (χ1v) is 9.68. The number of fused-ring (bicyclic) bond motifs is 1. The predicted molar refractivity (Wildman–Crippen MR) is 81.9 cm³/mol. The minimum atomic E-state index is -3.86. The summed E-state index contributed by atoms with van der Waals surface area (Å²) in [6.07, 6.45) is 1.69. The summed E-state index contributed by atoms with van der Waals surface area (Å²) in [6, 6.07) is 6.14. The molecule has 0 atom stereocenters. The number of aromatic carboxylic acids is 1. The van der Waals surface area contributed by atoms with Gasteiger partial charge < -0.3 is 13.5 Å². The van der Waals surface area contributed by atoms with Crippen molar-refractivity contribution in [3.05, 3.63) is 35.9 Å². The zero-order valence-corrected chi connectivity index (χ0v) is 13.6. The van der Waals surface area contributed by atoms with Crippen molar-refractivity contribution in [1.82, 2.24) is 0 Å². The van der Waals surface area contributed by atoms with Crippen molar-refractivity contribution >= 4 is 37.0 Å². The third-order valence-electron chi connectivity index (χ3n) is 2.67. The summed E-state index contributed by atoms with van der Waals surface area (Å²) in [5, 5.41) is 9.33. The maximum atomic E-state index is 11.3. The maximum absolute atomic E-state index is 11.3. The molecule has 0 unspecified atom stereocenters. The molecule has 0 spiro atoms. The van der Waals surface area contributed by atoms with Crippen LogP contribution in [-0.2, 0) is 20.2 Å². The summed E-state index contributed by atoms with van der Waals surface area (Å²) < 4.78 is 54.8. The molecule has 124 valence electrons. The van der Waals surface area contributed by atoms with Crippen LogP contribution in [0, 0.1) is 0 Å². The molecule has 0 fully saturated rings. The fourth-order valence-electron chi connectivity index (χ4n) is 1.90. The molecule has 8 nitrogen and oxygen atoms in total. The molecule has 0 saturated carbocycles. The van der Waals surface area contributed by atoms with Crippen LogP contribution in [0.1, 0.15) is 10.4 Å². The second-order valence-corrected chi connectivity index (χ2v) is 7.85. The molecule has 0 heterocycles. The summed E-state index contributed by atoms with van der Waals surface area (Å²) in [5.41, 5.74) is -0.118. The van der Waals surface area contributed by atoms with Crippen LogP contribution < -0.4 is 8.37 Å². The third kappa shape index (κ3) is 4.33. The fraction of sp³-hybridized carbons (Fsp3) is 0.154. The number of carboxylic acid groups (broad SMARTS) is 1. The predicted octanol–water partition coefficient (Wildman–Crippen LogP) is 1.21. The lowest BCUT2D eigenvalue weighted by Crippen LogP contribution is -2.08. The van der Waals surface area contributed by atoms with Crippen LogP contribution in [0.15, 0.2) is 30.3 Å². The van der Waals surface area contributed by atoms with Crippen LogP contribution in [-0.4, -0.2) is 40.4 Å². The Morgan fingerprint density at radius 1 is 0.870 bits per heavy atom. The Labute approximate surface area is 132 Å². The van der Waals surface area contributed by atoms with Crippen molar-refractivity contribution in [1.29, 1.82) is 0 Å². The van der Waals surface area contributed by atoms with Crippen molar-refractivity contribution in [2.24, 2.45) is 0 Å². The van der Waals surface area contributed by atoms with Gasteiger partial charge in [0.1, 0.15) is 0 Å². The van der Waals surface area contributed by atoms with Crippen molar-refractivity contribution in [2.75, 3.05) is 12.5 Å². The van der Waals surface area contributed by atoms with E-state index in [9.17, 15) is 21.6 Å². The molecule has 2 rings (SSSR count). The number of carboxylic acids is 1. The van der Waals surface area contributed by atoms with E-state index in [1.807, 2.05) is 0 Å². The van der Waals surface area contributed by atoms with Crippen LogP contribution in [0.4, 0.5) is 0 Å². The molecule has 0 aliphatic carbocycles. The van der Waals surface area contributed by atoms with E-state index in [0.717, 1.165) is 12.5 Å². The van der Waals surface area contributed by atoms with E-state index >= 15 is 0 Å². The third-order valence-corrected chi connectivity index (χ3v) is 3.63. The van der Waals surface area contributed by atoms with Gasteiger partial charge in [0.15, 0.2) is 11.5 Å². The molecule has 0 amide bonds. The van der Waals surface area contributed by atoms with Gasteiger partial charge in [0, 0.05) is 10.8 Å². The van der Waals surface area contributed by atoms with Crippen LogP contribution in [0.2, 0.25) is 0 Å². The molecular weight excluding hydrogens is 348 g/mol. The minimum absolute atomic E-state index is 0.0692. The Bertz CT molecular complexity index is 990. The number of rotatable bonds is 5. The lowest BCUT2D eigenvalue weighted by Gasteiger charge is -2.11. The highest BCUT2D eigenvalue weighted by Gasteiger charge is 2.16. The van der Waals surface area contributed by atoms with Crippen molar-refractivity contribution in [3.63, 3.8) is 0 Å². The van der Waals surface area contributed by atoms with Gasteiger partial charge in [-0.1, -0.05) is 0 Å². The van der Waals surface area contributed by atoms with Gasteiger partial charge >= 0.3 is 26.2 Å². The topological polar surface area (TPSA) is 124 Å². The first-order chi connectivity index (χ1) is 10.5. The number of benzene rings is 2. The van der Waals surface area contributed by atoms with Crippen LogP contribution in [0.5, 0.6) is 11.5 Å². The highest BCUT2D eigenvalue weighted by Crippen LogP contribution is 2.35. The zero-order chi connectivity index (χ0) is 17.4. The second-order valence-electron chi connectivity index (χ2n) is 4.70. The molecule has 2 aromatic rings. The van der Waals surface area contributed by atoms with E-state index in [2.05, 4.69) is 0 Å². The zero-order valence-electron chi connectivity index (χ0n) is 12.0. The highest BCUT2D eigenvalue weighted by atomic mass is 32.2. The summed E-state index contributed by atoms with van der Waals surface area (Å²) in [6.45, 7) is 0. The second kappa shape index (κ2) is 5.70. The van der Waals surface area contributed by atoms with Gasteiger partial charge in [-0.15, -0.1) is 0 Å². The molecule has 1 N–H and O–H groups in total. The van der Waals surface area contributed by atoms with Gasteiger partial charge in [0.05, 0.1) is 18.1 Å². The molecule has 0 saturated heterocycles. The smallest absolute Gasteiger partial charge is 0.335 e. The Morgan fingerprint density at radius 2 is 1.35 bits per heavy atom. The van der Waals surface area contributed by atoms with Gasteiger partial charge in [-0.3, -0.25) is 0 Å². The van der Waals surface area contributed by atoms with Gasteiger partial charge in [-0.2, -0.15) is 16.8 Å². The van der Waals surface area contributed by atoms with Gasteiger partial charge in [-0.25, -0.2) is 4.79 Å². The molecule has 0 aliphatic heterocycles. The van der Waals surface area contributed by atoms with Gasteiger partial charge in [-0.05, 0) is 30.3 Å². The quantitative estimate of drug-likeness (QED) is 0.789. The highest BCUT2D eigenvalue weighted by molar-refractivity contribution is 7.86. The number of carbonyl (C=O) groups is 1. The van der Waals surface area contributed by atoms with Gasteiger partial charge in [0.2, 0.25) is 0 Å². The Kier molecular flexibility index (Phi) is 4.22. The molecule has 0 aliphatic rings. The van der Waals surface area contributed by atoms with Crippen molar-refractivity contribution < 1.29 is 35.1 Å². The summed E-state index contributed by atoms with van der Waals surface area (Å²) in [7, 11) is -7.67.